The van der Waals surface area contributed by atoms with Crippen molar-refractivity contribution >= 4 is 41.5 Å². The van der Waals surface area contributed by atoms with Crippen molar-refractivity contribution in [2.24, 2.45) is 5.73 Å². The molecule has 2 unspecified atom stereocenters. The second kappa shape index (κ2) is 8.82. The molecule has 0 spiro atoms. The normalized spacial score (nSPS) is 19.3. The Bertz CT molecular complexity index is 514. The number of amides is 1. The van der Waals surface area contributed by atoms with Gasteiger partial charge in [0.2, 0.25) is 0 Å². The number of carbonyl (C=O) groups excluding carboxylic acids is 1. The molecule has 22 heavy (non-hydrogen) atoms. The molecule has 2 atom stereocenters. The van der Waals surface area contributed by atoms with Crippen LogP contribution in [-0.2, 0) is 4.79 Å². The van der Waals surface area contributed by atoms with Crippen LogP contribution >= 0.6 is 35.6 Å². The van der Waals surface area contributed by atoms with Crippen molar-refractivity contribution in [3.63, 3.8) is 0 Å². The lowest BCUT2D eigenvalue weighted by atomic mass is 10.0. The topological polar surface area (TPSA) is 55.6 Å². The first-order chi connectivity index (χ1) is 10.0. The Morgan fingerprint density at radius 2 is 2.14 bits per heavy atom. The van der Waals surface area contributed by atoms with Gasteiger partial charge < -0.3 is 15.4 Å². The average Bonchev–Trinajstić information content (AvgIpc) is 2.50. The van der Waals surface area contributed by atoms with Crippen molar-refractivity contribution < 1.29 is 9.53 Å². The van der Waals surface area contributed by atoms with Crippen LogP contribution in [0.25, 0.3) is 0 Å². The lowest BCUT2D eigenvalue weighted by Gasteiger charge is -2.36. The van der Waals surface area contributed by atoms with Crippen molar-refractivity contribution in [1.82, 2.24) is 4.90 Å². The van der Waals surface area contributed by atoms with Gasteiger partial charge in [-0.05, 0) is 38.3 Å². The van der Waals surface area contributed by atoms with Crippen LogP contribution < -0.4 is 10.5 Å². The summed E-state index contributed by atoms with van der Waals surface area (Å²) in [6.45, 7) is 2.98. The highest BCUT2D eigenvalue weighted by Crippen LogP contribution is 2.27. The van der Waals surface area contributed by atoms with Crippen LogP contribution in [0.1, 0.15) is 26.2 Å². The van der Waals surface area contributed by atoms with Gasteiger partial charge in [-0.2, -0.15) is 0 Å². The van der Waals surface area contributed by atoms with Gasteiger partial charge >= 0.3 is 0 Å². The summed E-state index contributed by atoms with van der Waals surface area (Å²) in [5, 5.41) is 0.869. The second-order valence-corrected chi connectivity index (χ2v) is 6.07. The van der Waals surface area contributed by atoms with Gasteiger partial charge in [-0.1, -0.05) is 23.2 Å². The zero-order valence-corrected chi connectivity index (χ0v) is 14.8. The Labute approximate surface area is 147 Å². The van der Waals surface area contributed by atoms with Crippen molar-refractivity contribution in [3.05, 3.63) is 28.2 Å². The first-order valence-electron chi connectivity index (χ1n) is 7.15. The number of nitrogens with zero attached hydrogens (tertiary/aromatic N) is 1. The van der Waals surface area contributed by atoms with E-state index in [1.54, 1.807) is 25.1 Å². The van der Waals surface area contributed by atoms with Crippen LogP contribution in [0.2, 0.25) is 10.0 Å². The van der Waals surface area contributed by atoms with Crippen LogP contribution in [0.15, 0.2) is 18.2 Å². The third-order valence-corrected chi connectivity index (χ3v) is 4.47. The SMILES string of the molecule is CC(Oc1ccc(Cl)c(Cl)c1)C(=O)N1CCCCC1CN.Cl. The van der Waals surface area contributed by atoms with Gasteiger partial charge in [-0.25, -0.2) is 0 Å². The molecule has 1 amide bonds. The number of hydrogen-bond acceptors (Lipinski definition) is 3. The van der Waals surface area contributed by atoms with Crippen LogP contribution in [0.4, 0.5) is 0 Å². The number of rotatable bonds is 4. The molecule has 0 saturated carbocycles. The third-order valence-electron chi connectivity index (χ3n) is 3.73. The number of halogens is 3. The van der Waals surface area contributed by atoms with Gasteiger partial charge in [0.1, 0.15) is 5.75 Å². The first kappa shape index (κ1) is 19.4. The van der Waals surface area contributed by atoms with E-state index >= 15 is 0 Å². The fourth-order valence-corrected chi connectivity index (χ4v) is 2.86. The summed E-state index contributed by atoms with van der Waals surface area (Å²) in [7, 11) is 0. The molecule has 1 aliphatic heterocycles. The van der Waals surface area contributed by atoms with E-state index in [-0.39, 0.29) is 24.4 Å². The molecule has 7 heteroatoms. The monoisotopic (exact) mass is 366 g/mol. The molecule has 0 bridgehead atoms. The van der Waals surface area contributed by atoms with Crippen LogP contribution in [0.5, 0.6) is 5.75 Å². The molecule has 1 heterocycles. The van der Waals surface area contributed by atoms with E-state index in [0.29, 0.717) is 22.3 Å². The molecule has 1 saturated heterocycles. The molecule has 1 aromatic carbocycles. The summed E-state index contributed by atoms with van der Waals surface area (Å²) in [6, 6.07) is 5.09. The molecule has 0 aromatic heterocycles. The summed E-state index contributed by atoms with van der Waals surface area (Å²) in [5.41, 5.74) is 5.75. The maximum absolute atomic E-state index is 12.5. The minimum absolute atomic E-state index is 0. The summed E-state index contributed by atoms with van der Waals surface area (Å²) in [5.74, 6) is 0.503. The molecule has 1 fully saturated rings. The summed E-state index contributed by atoms with van der Waals surface area (Å²) < 4.78 is 5.68. The Morgan fingerprint density at radius 1 is 1.41 bits per heavy atom. The fraction of sp³-hybridized carbons (Fsp3) is 0.533. The molecular formula is C15H21Cl3N2O2. The minimum atomic E-state index is -0.575. The molecular weight excluding hydrogens is 347 g/mol. The van der Waals surface area contributed by atoms with E-state index < -0.39 is 6.10 Å². The molecule has 2 rings (SSSR count). The predicted molar refractivity (Wildman–Crippen MR) is 92.2 cm³/mol. The van der Waals surface area contributed by atoms with Crippen LogP contribution in [-0.4, -0.2) is 36.0 Å². The highest BCUT2D eigenvalue weighted by Gasteiger charge is 2.29. The summed E-state index contributed by atoms with van der Waals surface area (Å²) in [4.78, 5) is 14.3. The van der Waals surface area contributed by atoms with Crippen molar-refractivity contribution in [2.75, 3.05) is 13.1 Å². The zero-order chi connectivity index (χ0) is 15.4. The number of likely N-dealkylation sites (tertiary alicyclic amines) is 1. The van der Waals surface area contributed by atoms with E-state index in [9.17, 15) is 4.79 Å². The predicted octanol–water partition coefficient (Wildman–Crippen LogP) is 3.52. The van der Waals surface area contributed by atoms with Crippen molar-refractivity contribution in [1.29, 1.82) is 0 Å². The van der Waals surface area contributed by atoms with E-state index in [0.717, 1.165) is 25.8 Å². The Hall–Kier alpha value is -0.680. The number of benzene rings is 1. The minimum Gasteiger partial charge on any atom is -0.481 e. The largest absolute Gasteiger partial charge is 0.481 e. The number of piperidine rings is 1. The molecule has 1 aromatic rings. The maximum atomic E-state index is 12.5. The van der Waals surface area contributed by atoms with E-state index in [1.165, 1.54) is 0 Å². The molecule has 0 radical (unpaired) electrons. The Kier molecular flexibility index (Phi) is 7.77. The summed E-state index contributed by atoms with van der Waals surface area (Å²) in [6.07, 6.45) is 2.52. The lowest BCUT2D eigenvalue weighted by molar-refractivity contribution is -0.141. The number of nitrogens with two attached hydrogens (primary N) is 1. The number of hydrogen-bond donors (Lipinski definition) is 1. The average molecular weight is 368 g/mol. The summed E-state index contributed by atoms with van der Waals surface area (Å²) >= 11 is 11.8. The lowest BCUT2D eigenvalue weighted by Crippen LogP contribution is -2.51. The van der Waals surface area contributed by atoms with Crippen LogP contribution in [0.3, 0.4) is 0 Å². The second-order valence-electron chi connectivity index (χ2n) is 5.25. The molecule has 0 aliphatic carbocycles. The van der Waals surface area contributed by atoms with E-state index in [2.05, 4.69) is 0 Å². The van der Waals surface area contributed by atoms with Crippen molar-refractivity contribution in [3.8, 4) is 5.75 Å². The standard InChI is InChI=1S/C15H20Cl2N2O2.ClH/c1-10(21-12-5-6-13(16)14(17)8-12)15(20)19-7-3-2-4-11(19)9-18;/h5-6,8,10-11H,2-4,7,9,18H2,1H3;1H. The van der Waals surface area contributed by atoms with Gasteiger partial charge in [0.25, 0.3) is 5.91 Å². The van der Waals surface area contributed by atoms with Gasteiger partial charge in [0.15, 0.2) is 6.10 Å². The van der Waals surface area contributed by atoms with Crippen LogP contribution in [0, 0.1) is 0 Å². The van der Waals surface area contributed by atoms with Gasteiger partial charge in [0, 0.05) is 25.2 Å². The highest BCUT2D eigenvalue weighted by molar-refractivity contribution is 6.42. The van der Waals surface area contributed by atoms with E-state index in [1.807, 2.05) is 4.90 Å². The molecule has 2 N–H and O–H groups in total. The Balaban J connectivity index is 0.00000242. The highest BCUT2D eigenvalue weighted by atomic mass is 35.5. The zero-order valence-electron chi connectivity index (χ0n) is 12.4. The quantitative estimate of drug-likeness (QED) is 0.886. The fourth-order valence-electron chi connectivity index (χ4n) is 2.57. The van der Waals surface area contributed by atoms with Gasteiger partial charge in [-0.15, -0.1) is 12.4 Å². The third kappa shape index (κ3) is 4.66. The smallest absolute Gasteiger partial charge is 0.263 e. The molecule has 4 nitrogen and oxygen atoms in total. The molecule has 1 aliphatic rings. The van der Waals surface area contributed by atoms with E-state index in [4.69, 9.17) is 33.7 Å². The maximum Gasteiger partial charge on any atom is 0.263 e. The number of ether oxygens (including phenoxy) is 1. The van der Waals surface area contributed by atoms with Gasteiger partial charge in [-0.3, -0.25) is 4.79 Å². The Morgan fingerprint density at radius 3 is 2.77 bits per heavy atom. The van der Waals surface area contributed by atoms with Crippen molar-refractivity contribution in [2.45, 2.75) is 38.3 Å². The number of carbonyl (C=O) groups is 1. The first-order valence-corrected chi connectivity index (χ1v) is 7.90. The molecule has 124 valence electrons. The van der Waals surface area contributed by atoms with Gasteiger partial charge in [0.05, 0.1) is 10.0 Å².